The van der Waals surface area contributed by atoms with Gasteiger partial charge in [0.2, 0.25) is 0 Å². The smallest absolute Gasteiger partial charge is 0.380 e. The van der Waals surface area contributed by atoms with Crippen LogP contribution >= 0.6 is 0 Å². The Labute approximate surface area is 109 Å². The van der Waals surface area contributed by atoms with E-state index in [0.717, 1.165) is 6.92 Å². The fourth-order valence-corrected chi connectivity index (χ4v) is 1.53. The van der Waals surface area contributed by atoms with Crippen molar-refractivity contribution in [3.05, 3.63) is 29.8 Å². The van der Waals surface area contributed by atoms with Crippen molar-refractivity contribution < 1.29 is 28.2 Å². The normalized spacial score (nSPS) is 14.6. The Kier molecular flexibility index (Phi) is 4.47. The van der Waals surface area contributed by atoms with Crippen LogP contribution in [0.1, 0.15) is 19.4 Å². The lowest BCUT2D eigenvalue weighted by molar-refractivity contribution is -0.212. The Hall–Kier alpha value is -1.69. The molecular weight excluding hydrogens is 258 g/mol. The highest BCUT2D eigenvalue weighted by molar-refractivity contribution is 5.79. The van der Waals surface area contributed by atoms with Crippen molar-refractivity contribution in [2.45, 2.75) is 25.4 Å². The van der Waals surface area contributed by atoms with Crippen molar-refractivity contribution in [2.75, 3.05) is 13.7 Å². The third-order valence-corrected chi connectivity index (χ3v) is 2.78. The molecular formula is C13H16F2O4. The van der Waals surface area contributed by atoms with Crippen molar-refractivity contribution in [1.29, 1.82) is 0 Å². The van der Waals surface area contributed by atoms with Gasteiger partial charge in [0.1, 0.15) is 5.75 Å². The largest absolute Gasteiger partial charge is 0.497 e. The predicted octanol–water partition coefficient (Wildman–Crippen LogP) is 2.10. The van der Waals surface area contributed by atoms with E-state index in [1.165, 1.54) is 32.2 Å². The van der Waals surface area contributed by atoms with Gasteiger partial charge in [-0.15, -0.1) is 0 Å². The molecule has 1 aromatic rings. The number of carbonyl (C=O) groups is 1. The zero-order valence-electron chi connectivity index (χ0n) is 10.9. The summed E-state index contributed by atoms with van der Waals surface area (Å²) in [5, 5.41) is 10.0. The molecule has 0 saturated carbocycles. The lowest BCUT2D eigenvalue weighted by Crippen LogP contribution is -2.49. The fourth-order valence-electron chi connectivity index (χ4n) is 1.53. The molecule has 106 valence electrons. The van der Waals surface area contributed by atoms with Gasteiger partial charge in [-0.25, -0.2) is 4.79 Å². The van der Waals surface area contributed by atoms with E-state index in [1.807, 2.05) is 0 Å². The number of benzene rings is 1. The number of halogens is 2. The van der Waals surface area contributed by atoms with E-state index in [1.54, 1.807) is 6.07 Å². The molecule has 0 saturated heterocycles. The molecule has 19 heavy (non-hydrogen) atoms. The summed E-state index contributed by atoms with van der Waals surface area (Å²) in [5.74, 6) is -5.52. The lowest BCUT2D eigenvalue weighted by atomic mass is 9.89. The van der Waals surface area contributed by atoms with E-state index in [9.17, 15) is 18.7 Å². The number of esters is 1. The minimum Gasteiger partial charge on any atom is -0.497 e. The molecule has 4 nitrogen and oxygen atoms in total. The Morgan fingerprint density at radius 3 is 2.58 bits per heavy atom. The SMILES string of the molecule is CCOC(=O)C(F)(F)C(C)(O)c1cccc(OC)c1. The molecule has 0 aliphatic rings. The third kappa shape index (κ3) is 2.84. The van der Waals surface area contributed by atoms with Crippen LogP contribution in [0.5, 0.6) is 5.75 Å². The van der Waals surface area contributed by atoms with Crippen LogP contribution in [0, 0.1) is 0 Å². The van der Waals surface area contributed by atoms with Crippen molar-refractivity contribution in [3.8, 4) is 5.75 Å². The molecule has 0 spiro atoms. The van der Waals surface area contributed by atoms with Crippen LogP contribution in [0.4, 0.5) is 8.78 Å². The molecule has 0 heterocycles. The van der Waals surface area contributed by atoms with Gasteiger partial charge in [-0.1, -0.05) is 12.1 Å². The highest BCUT2D eigenvalue weighted by Gasteiger charge is 2.57. The van der Waals surface area contributed by atoms with Crippen LogP contribution in [0.2, 0.25) is 0 Å². The van der Waals surface area contributed by atoms with Gasteiger partial charge in [0.05, 0.1) is 13.7 Å². The van der Waals surface area contributed by atoms with Crippen molar-refractivity contribution in [1.82, 2.24) is 0 Å². The van der Waals surface area contributed by atoms with Crippen LogP contribution in [-0.4, -0.2) is 30.7 Å². The van der Waals surface area contributed by atoms with E-state index in [0.29, 0.717) is 5.75 Å². The maximum absolute atomic E-state index is 13.9. The van der Waals surface area contributed by atoms with Gasteiger partial charge in [0.25, 0.3) is 0 Å². The van der Waals surface area contributed by atoms with Gasteiger partial charge in [0.15, 0.2) is 5.60 Å². The average molecular weight is 274 g/mol. The van der Waals surface area contributed by atoms with E-state index in [2.05, 4.69) is 4.74 Å². The molecule has 1 atom stereocenters. The van der Waals surface area contributed by atoms with E-state index < -0.39 is 17.5 Å². The maximum Gasteiger partial charge on any atom is 0.380 e. The summed E-state index contributed by atoms with van der Waals surface area (Å²) < 4.78 is 37.1. The summed E-state index contributed by atoms with van der Waals surface area (Å²) in [7, 11) is 1.37. The summed E-state index contributed by atoms with van der Waals surface area (Å²) in [6.07, 6.45) is 0. The highest BCUT2D eigenvalue weighted by Crippen LogP contribution is 2.39. The van der Waals surface area contributed by atoms with E-state index in [4.69, 9.17) is 4.74 Å². The van der Waals surface area contributed by atoms with Crippen molar-refractivity contribution in [2.24, 2.45) is 0 Å². The van der Waals surface area contributed by atoms with Crippen LogP contribution in [0.3, 0.4) is 0 Å². The molecule has 0 radical (unpaired) electrons. The van der Waals surface area contributed by atoms with Gasteiger partial charge in [0, 0.05) is 0 Å². The first-order valence-corrected chi connectivity index (χ1v) is 5.69. The molecule has 0 amide bonds. The molecule has 1 aromatic carbocycles. The summed E-state index contributed by atoms with van der Waals surface area (Å²) in [4.78, 5) is 11.3. The zero-order valence-corrected chi connectivity index (χ0v) is 10.9. The number of methoxy groups -OCH3 is 1. The number of hydrogen-bond donors (Lipinski definition) is 1. The summed E-state index contributed by atoms with van der Waals surface area (Å²) in [6.45, 7) is 2.08. The third-order valence-electron chi connectivity index (χ3n) is 2.78. The van der Waals surface area contributed by atoms with Crippen LogP contribution in [0.15, 0.2) is 24.3 Å². The lowest BCUT2D eigenvalue weighted by Gasteiger charge is -2.31. The molecule has 0 fully saturated rings. The number of alkyl halides is 2. The summed E-state index contributed by atoms with van der Waals surface area (Å²) >= 11 is 0. The second-order valence-corrected chi connectivity index (χ2v) is 4.10. The van der Waals surface area contributed by atoms with Gasteiger partial charge in [-0.05, 0) is 31.5 Å². The zero-order chi connectivity index (χ0) is 14.7. The Bertz CT molecular complexity index is 458. The molecule has 1 unspecified atom stereocenters. The number of carbonyl (C=O) groups excluding carboxylic acids is 1. The Balaban J connectivity index is 3.17. The van der Waals surface area contributed by atoms with Crippen LogP contribution in [0.25, 0.3) is 0 Å². The highest BCUT2D eigenvalue weighted by atomic mass is 19.3. The van der Waals surface area contributed by atoms with Crippen molar-refractivity contribution >= 4 is 5.97 Å². The maximum atomic E-state index is 13.9. The molecule has 0 aliphatic carbocycles. The quantitative estimate of drug-likeness (QED) is 0.835. The number of rotatable bonds is 5. The van der Waals surface area contributed by atoms with Gasteiger partial charge >= 0.3 is 11.9 Å². The predicted molar refractivity (Wildman–Crippen MR) is 64.1 cm³/mol. The first kappa shape index (κ1) is 15.4. The molecule has 0 aromatic heterocycles. The fraction of sp³-hybridized carbons (Fsp3) is 0.462. The monoisotopic (exact) mass is 274 g/mol. The van der Waals surface area contributed by atoms with Gasteiger partial charge < -0.3 is 14.6 Å². The van der Waals surface area contributed by atoms with E-state index in [-0.39, 0.29) is 12.2 Å². The van der Waals surface area contributed by atoms with Crippen LogP contribution < -0.4 is 4.74 Å². The standard InChI is InChI=1S/C13H16F2O4/c1-4-19-11(16)13(14,15)12(2,17)9-6-5-7-10(8-9)18-3/h5-8,17H,4H2,1-3H3. The summed E-state index contributed by atoms with van der Waals surface area (Å²) in [5.41, 5.74) is -2.82. The van der Waals surface area contributed by atoms with E-state index >= 15 is 0 Å². The Morgan fingerprint density at radius 2 is 2.05 bits per heavy atom. The number of aliphatic hydroxyl groups is 1. The Morgan fingerprint density at radius 1 is 1.42 bits per heavy atom. The average Bonchev–Trinajstić information content (AvgIpc) is 2.38. The first-order valence-electron chi connectivity index (χ1n) is 5.69. The van der Waals surface area contributed by atoms with Gasteiger partial charge in [-0.2, -0.15) is 8.78 Å². The second kappa shape index (κ2) is 5.52. The molecule has 1 N–H and O–H groups in total. The second-order valence-electron chi connectivity index (χ2n) is 4.10. The molecule has 1 rings (SSSR count). The number of hydrogen-bond acceptors (Lipinski definition) is 4. The molecule has 0 aliphatic heterocycles. The van der Waals surface area contributed by atoms with Crippen LogP contribution in [-0.2, 0) is 15.1 Å². The molecule has 0 bridgehead atoms. The minimum atomic E-state index is -4.06. The topological polar surface area (TPSA) is 55.8 Å². The minimum absolute atomic E-state index is 0.134. The van der Waals surface area contributed by atoms with Gasteiger partial charge in [-0.3, -0.25) is 0 Å². The number of ether oxygens (including phenoxy) is 2. The summed E-state index contributed by atoms with van der Waals surface area (Å²) in [6, 6.07) is 5.52. The van der Waals surface area contributed by atoms with Crippen molar-refractivity contribution in [3.63, 3.8) is 0 Å². The molecule has 6 heteroatoms. The first-order chi connectivity index (χ1) is 8.77.